The molecule has 3 aromatic heterocycles. The second kappa shape index (κ2) is 8.89. The normalized spacial score (nSPS) is 12.5. The molecule has 0 spiro atoms. The summed E-state index contributed by atoms with van der Waals surface area (Å²) in [7, 11) is 1.49. The molecule has 0 saturated carbocycles. The van der Waals surface area contributed by atoms with Crippen molar-refractivity contribution in [3.8, 4) is 17.1 Å². The number of aryl methyl sites for hydroxylation is 1. The van der Waals surface area contributed by atoms with Gasteiger partial charge in [0.1, 0.15) is 5.69 Å². The molecular weight excluding hydrogens is 435 g/mol. The van der Waals surface area contributed by atoms with Crippen LogP contribution in [-0.2, 0) is 18.0 Å². The van der Waals surface area contributed by atoms with Gasteiger partial charge in [0.2, 0.25) is 5.88 Å². The third kappa shape index (κ3) is 4.79. The highest BCUT2D eigenvalue weighted by Gasteiger charge is 2.36. The minimum absolute atomic E-state index is 0.0169. The van der Waals surface area contributed by atoms with Gasteiger partial charge in [-0.05, 0) is 24.6 Å². The van der Waals surface area contributed by atoms with E-state index in [0.29, 0.717) is 5.56 Å². The van der Waals surface area contributed by atoms with Crippen molar-refractivity contribution in [1.29, 1.82) is 0 Å². The van der Waals surface area contributed by atoms with E-state index in [9.17, 15) is 18.0 Å². The maximum atomic E-state index is 13.9. The molecule has 1 amide bonds. The van der Waals surface area contributed by atoms with E-state index in [1.54, 1.807) is 19.1 Å². The molecule has 0 bridgehead atoms. The molecule has 0 aliphatic carbocycles. The van der Waals surface area contributed by atoms with Gasteiger partial charge in [-0.25, -0.2) is 4.68 Å². The molecule has 1 aromatic carbocycles. The van der Waals surface area contributed by atoms with E-state index in [0.717, 1.165) is 11.6 Å². The van der Waals surface area contributed by atoms with Crippen LogP contribution < -0.4 is 10.1 Å². The molecular formula is C23H20F3N5O2. The lowest BCUT2D eigenvalue weighted by molar-refractivity contribution is -0.136. The number of alkyl halides is 3. The first-order valence-corrected chi connectivity index (χ1v) is 10.1. The van der Waals surface area contributed by atoms with Gasteiger partial charge in [0.15, 0.2) is 12.3 Å². The van der Waals surface area contributed by atoms with E-state index in [1.165, 1.54) is 24.1 Å². The summed E-state index contributed by atoms with van der Waals surface area (Å²) in [5.41, 5.74) is 0.464. The molecule has 0 aliphatic heterocycles. The van der Waals surface area contributed by atoms with Gasteiger partial charge in [-0.3, -0.25) is 9.78 Å². The Bertz CT molecular complexity index is 1270. The number of nitrogens with zero attached hydrogens (tertiary/aromatic N) is 4. The van der Waals surface area contributed by atoms with Crippen molar-refractivity contribution in [2.24, 2.45) is 7.05 Å². The molecule has 4 aromatic rings. The van der Waals surface area contributed by atoms with Crippen LogP contribution in [0.25, 0.3) is 22.3 Å². The van der Waals surface area contributed by atoms with Crippen molar-refractivity contribution in [2.45, 2.75) is 19.1 Å². The Morgan fingerprint density at radius 2 is 1.94 bits per heavy atom. The molecule has 33 heavy (non-hydrogen) atoms. The molecule has 0 saturated heterocycles. The number of benzene rings is 1. The Morgan fingerprint density at radius 1 is 1.18 bits per heavy atom. The van der Waals surface area contributed by atoms with Crippen molar-refractivity contribution in [3.63, 3.8) is 0 Å². The van der Waals surface area contributed by atoms with Gasteiger partial charge in [-0.2, -0.15) is 23.3 Å². The summed E-state index contributed by atoms with van der Waals surface area (Å²) in [4.78, 5) is 20.4. The standard InChI is InChI=1S/C23H20F3N5O2/c1-14(15-7-4-3-5-8-15)28-18(32)13-33-19-11-17(23(24,25)26)20-21(16-9-6-10-27-12-16)30-31(2)22(20)29-19/h3-12,14H,13H2,1-2H3,(H,28,32)/t14-/m0/s1. The quantitative estimate of drug-likeness (QED) is 0.469. The molecule has 0 radical (unpaired) electrons. The van der Waals surface area contributed by atoms with Crippen LogP contribution in [0.3, 0.4) is 0 Å². The molecule has 7 nitrogen and oxygen atoms in total. The summed E-state index contributed by atoms with van der Waals surface area (Å²) in [6.45, 7) is 1.31. The molecule has 4 rings (SSSR count). The van der Waals surface area contributed by atoms with Crippen molar-refractivity contribution >= 4 is 16.9 Å². The van der Waals surface area contributed by atoms with Crippen LogP contribution >= 0.6 is 0 Å². The number of pyridine rings is 2. The third-order valence-corrected chi connectivity index (χ3v) is 5.04. The predicted octanol–water partition coefficient (Wildman–Crippen LogP) is 4.31. The Kier molecular flexibility index (Phi) is 5.99. The van der Waals surface area contributed by atoms with Gasteiger partial charge < -0.3 is 10.1 Å². The maximum Gasteiger partial charge on any atom is 0.417 e. The van der Waals surface area contributed by atoms with Crippen molar-refractivity contribution in [3.05, 3.63) is 72.1 Å². The average molecular weight is 455 g/mol. The number of amides is 1. The number of hydrogen-bond acceptors (Lipinski definition) is 5. The largest absolute Gasteiger partial charge is 0.467 e. The van der Waals surface area contributed by atoms with E-state index in [-0.39, 0.29) is 28.6 Å². The van der Waals surface area contributed by atoms with Crippen LogP contribution in [0.4, 0.5) is 13.2 Å². The fourth-order valence-corrected chi connectivity index (χ4v) is 3.47. The minimum atomic E-state index is -4.69. The van der Waals surface area contributed by atoms with Crippen molar-refractivity contribution < 1.29 is 22.7 Å². The zero-order valence-electron chi connectivity index (χ0n) is 17.8. The second-order valence-corrected chi connectivity index (χ2v) is 7.41. The molecule has 170 valence electrons. The molecule has 1 N–H and O–H groups in total. The fraction of sp³-hybridized carbons (Fsp3) is 0.217. The lowest BCUT2D eigenvalue weighted by atomic mass is 10.1. The maximum absolute atomic E-state index is 13.9. The third-order valence-electron chi connectivity index (χ3n) is 5.04. The molecule has 1 atom stereocenters. The molecule has 10 heteroatoms. The van der Waals surface area contributed by atoms with Crippen molar-refractivity contribution in [1.82, 2.24) is 25.1 Å². The fourth-order valence-electron chi connectivity index (χ4n) is 3.47. The Morgan fingerprint density at radius 3 is 2.61 bits per heavy atom. The minimum Gasteiger partial charge on any atom is -0.467 e. The van der Waals surface area contributed by atoms with Crippen LogP contribution in [0.15, 0.2) is 60.9 Å². The van der Waals surface area contributed by atoms with Gasteiger partial charge in [-0.15, -0.1) is 0 Å². The van der Waals surface area contributed by atoms with E-state index < -0.39 is 24.3 Å². The summed E-state index contributed by atoms with van der Waals surface area (Å²) < 4.78 is 48.4. The van der Waals surface area contributed by atoms with Gasteiger partial charge in [0, 0.05) is 31.1 Å². The summed E-state index contributed by atoms with van der Waals surface area (Å²) in [6, 6.07) is 13.0. The highest BCUT2D eigenvalue weighted by atomic mass is 19.4. The molecule has 3 heterocycles. The van der Waals surface area contributed by atoms with Gasteiger partial charge in [0.25, 0.3) is 5.91 Å². The first-order chi connectivity index (χ1) is 15.7. The average Bonchev–Trinajstić information content (AvgIpc) is 3.14. The first-order valence-electron chi connectivity index (χ1n) is 10.1. The predicted molar refractivity (Wildman–Crippen MR) is 115 cm³/mol. The van der Waals surface area contributed by atoms with Gasteiger partial charge >= 0.3 is 6.18 Å². The Balaban J connectivity index is 1.61. The molecule has 0 unspecified atom stereocenters. The second-order valence-electron chi connectivity index (χ2n) is 7.41. The smallest absolute Gasteiger partial charge is 0.417 e. The number of carbonyl (C=O) groups is 1. The van der Waals surface area contributed by atoms with E-state index in [1.807, 2.05) is 30.3 Å². The highest BCUT2D eigenvalue weighted by molar-refractivity contribution is 5.94. The zero-order chi connectivity index (χ0) is 23.6. The highest BCUT2D eigenvalue weighted by Crippen LogP contribution is 2.40. The monoisotopic (exact) mass is 455 g/mol. The number of nitrogens with one attached hydrogen (secondary N) is 1. The van der Waals surface area contributed by atoms with Gasteiger partial charge in [0.05, 0.1) is 17.0 Å². The number of carbonyl (C=O) groups excluding carboxylic acids is 1. The summed E-state index contributed by atoms with van der Waals surface area (Å²) in [5, 5.41) is 6.81. The van der Waals surface area contributed by atoms with E-state index >= 15 is 0 Å². The first kappa shape index (κ1) is 22.3. The topological polar surface area (TPSA) is 81.9 Å². The van der Waals surface area contributed by atoms with Gasteiger partial charge in [-0.1, -0.05) is 30.3 Å². The summed E-state index contributed by atoms with van der Waals surface area (Å²) in [5.74, 6) is -0.805. The van der Waals surface area contributed by atoms with Crippen LogP contribution in [0.5, 0.6) is 5.88 Å². The van der Waals surface area contributed by atoms with Crippen LogP contribution in [0.2, 0.25) is 0 Å². The van der Waals surface area contributed by atoms with E-state index in [2.05, 4.69) is 20.4 Å². The van der Waals surface area contributed by atoms with Crippen LogP contribution in [-0.4, -0.2) is 32.3 Å². The zero-order valence-corrected chi connectivity index (χ0v) is 17.8. The van der Waals surface area contributed by atoms with E-state index in [4.69, 9.17) is 4.74 Å². The summed E-state index contributed by atoms with van der Waals surface area (Å²) in [6.07, 6.45) is -1.73. The number of halogens is 3. The Labute approximate surface area is 187 Å². The number of rotatable bonds is 6. The number of fused-ring (bicyclic) bond motifs is 1. The number of aromatic nitrogens is 4. The summed E-state index contributed by atoms with van der Waals surface area (Å²) >= 11 is 0. The Hall–Kier alpha value is -3.95. The molecule has 0 aliphatic rings. The molecule has 0 fully saturated rings. The SMILES string of the molecule is C[C@H](NC(=O)COc1cc(C(F)(F)F)c2c(-c3cccnc3)nn(C)c2n1)c1ccccc1. The van der Waals surface area contributed by atoms with Crippen LogP contribution in [0.1, 0.15) is 24.1 Å². The lowest BCUT2D eigenvalue weighted by Gasteiger charge is -2.15. The van der Waals surface area contributed by atoms with Crippen LogP contribution in [0, 0.1) is 0 Å². The number of ether oxygens (including phenoxy) is 1. The lowest BCUT2D eigenvalue weighted by Crippen LogP contribution is -2.31. The van der Waals surface area contributed by atoms with Crippen molar-refractivity contribution in [2.75, 3.05) is 6.61 Å². The number of hydrogen-bond donors (Lipinski definition) is 1.